The van der Waals surface area contributed by atoms with Gasteiger partial charge in [-0.05, 0) is 41.8 Å². The average Bonchev–Trinajstić information content (AvgIpc) is 3.38. The van der Waals surface area contributed by atoms with Crippen LogP contribution in [-0.2, 0) is 14.9 Å². The number of ketones is 1. The van der Waals surface area contributed by atoms with Crippen molar-refractivity contribution in [2.24, 2.45) is 0 Å². The molecule has 1 saturated heterocycles. The SMILES string of the molecule is CC(C)(C)c1cc(NC(=O)C(=O)c2ccc(OCCN3CCOCC3)c3ccccc23)n(-c2ccc(N)cc2)n1. The minimum Gasteiger partial charge on any atom is -0.492 e. The van der Waals surface area contributed by atoms with Crippen LogP contribution >= 0.6 is 0 Å². The Labute approximate surface area is 233 Å². The van der Waals surface area contributed by atoms with Gasteiger partial charge in [0.1, 0.15) is 18.2 Å². The van der Waals surface area contributed by atoms with E-state index in [1.54, 1.807) is 35.0 Å². The molecule has 1 aliphatic heterocycles. The van der Waals surface area contributed by atoms with Gasteiger partial charge in [0.15, 0.2) is 0 Å². The molecule has 0 atom stereocenters. The van der Waals surface area contributed by atoms with Gasteiger partial charge < -0.3 is 20.5 Å². The van der Waals surface area contributed by atoms with E-state index in [9.17, 15) is 9.59 Å². The zero-order valence-corrected chi connectivity index (χ0v) is 23.1. The molecule has 1 aliphatic rings. The summed E-state index contributed by atoms with van der Waals surface area (Å²) >= 11 is 0. The molecule has 1 fully saturated rings. The number of Topliss-reactive ketones (excluding diaryl/α,β-unsaturated/α-hetero) is 1. The van der Waals surface area contributed by atoms with E-state index in [2.05, 4.69) is 10.2 Å². The number of carbonyl (C=O) groups excluding carboxylic acids is 2. The summed E-state index contributed by atoms with van der Waals surface area (Å²) < 4.78 is 13.1. The molecule has 1 aromatic heterocycles. The molecule has 1 amide bonds. The maximum atomic E-state index is 13.5. The Morgan fingerprint density at radius 2 is 1.70 bits per heavy atom. The number of anilines is 2. The third kappa shape index (κ3) is 6.00. The number of nitrogens with zero attached hydrogens (tertiary/aromatic N) is 3. The quantitative estimate of drug-likeness (QED) is 0.193. The van der Waals surface area contributed by atoms with E-state index in [1.165, 1.54) is 0 Å². The lowest BCUT2D eigenvalue weighted by atomic mass is 9.92. The molecule has 9 heteroatoms. The van der Waals surface area contributed by atoms with E-state index < -0.39 is 11.7 Å². The Hall–Kier alpha value is -4.21. The van der Waals surface area contributed by atoms with Crippen molar-refractivity contribution in [1.82, 2.24) is 14.7 Å². The number of nitrogens with one attached hydrogen (secondary N) is 1. The van der Waals surface area contributed by atoms with E-state index >= 15 is 0 Å². The van der Waals surface area contributed by atoms with Crippen LogP contribution in [0, 0.1) is 0 Å². The number of fused-ring (bicyclic) bond motifs is 1. The topological polar surface area (TPSA) is 112 Å². The molecule has 4 aromatic rings. The second-order valence-electron chi connectivity index (χ2n) is 10.9. The summed E-state index contributed by atoms with van der Waals surface area (Å²) in [4.78, 5) is 29.1. The summed E-state index contributed by atoms with van der Waals surface area (Å²) in [6, 6.07) is 19.9. The Morgan fingerprint density at radius 1 is 1.00 bits per heavy atom. The van der Waals surface area contributed by atoms with Gasteiger partial charge >= 0.3 is 0 Å². The normalized spacial score (nSPS) is 14.3. The average molecular weight is 542 g/mol. The maximum Gasteiger partial charge on any atom is 0.297 e. The molecule has 0 aliphatic carbocycles. The number of nitrogens with two attached hydrogens (primary N) is 1. The minimum atomic E-state index is -0.747. The van der Waals surface area contributed by atoms with Gasteiger partial charge in [-0.3, -0.25) is 14.5 Å². The van der Waals surface area contributed by atoms with Crippen molar-refractivity contribution in [2.75, 3.05) is 50.5 Å². The number of rotatable bonds is 8. The second-order valence-corrected chi connectivity index (χ2v) is 10.9. The highest BCUT2D eigenvalue weighted by atomic mass is 16.5. The molecule has 0 radical (unpaired) electrons. The molecule has 3 N–H and O–H groups in total. The van der Waals surface area contributed by atoms with Crippen molar-refractivity contribution in [3.8, 4) is 11.4 Å². The van der Waals surface area contributed by atoms with Gasteiger partial charge in [-0.1, -0.05) is 45.0 Å². The van der Waals surface area contributed by atoms with Crippen LogP contribution in [-0.4, -0.2) is 65.8 Å². The van der Waals surface area contributed by atoms with Crippen LogP contribution in [0.3, 0.4) is 0 Å². The predicted molar refractivity (Wildman–Crippen MR) is 156 cm³/mol. The van der Waals surface area contributed by atoms with Gasteiger partial charge in [0.25, 0.3) is 11.7 Å². The predicted octanol–water partition coefficient (Wildman–Crippen LogP) is 4.44. The summed E-state index contributed by atoms with van der Waals surface area (Å²) in [6.07, 6.45) is 0. The van der Waals surface area contributed by atoms with Gasteiger partial charge in [0, 0.05) is 47.8 Å². The molecule has 3 aromatic carbocycles. The molecule has 0 saturated carbocycles. The van der Waals surface area contributed by atoms with Gasteiger partial charge in [0.2, 0.25) is 0 Å². The van der Waals surface area contributed by atoms with E-state index in [0.717, 1.165) is 49.6 Å². The number of nitrogen functional groups attached to an aromatic ring is 1. The highest BCUT2D eigenvalue weighted by Gasteiger charge is 2.25. The first kappa shape index (κ1) is 27.4. The van der Waals surface area contributed by atoms with Crippen LogP contribution in [0.15, 0.2) is 66.7 Å². The molecule has 2 heterocycles. The van der Waals surface area contributed by atoms with Crippen molar-refractivity contribution >= 4 is 34.0 Å². The number of carbonyl (C=O) groups is 2. The van der Waals surface area contributed by atoms with Crippen LogP contribution in [0.25, 0.3) is 16.5 Å². The number of amides is 1. The molecular formula is C31H35N5O4. The molecule has 0 bridgehead atoms. The summed E-state index contributed by atoms with van der Waals surface area (Å²) in [5.41, 5.74) is 8.01. The lowest BCUT2D eigenvalue weighted by Gasteiger charge is -2.26. The zero-order chi connectivity index (χ0) is 28.3. The van der Waals surface area contributed by atoms with Gasteiger partial charge in [0.05, 0.1) is 24.6 Å². The number of hydrogen-bond donors (Lipinski definition) is 2. The van der Waals surface area contributed by atoms with Crippen molar-refractivity contribution in [3.05, 3.63) is 78.0 Å². The number of benzene rings is 3. The Morgan fingerprint density at radius 3 is 2.40 bits per heavy atom. The van der Waals surface area contributed by atoms with Gasteiger partial charge in [-0.25, -0.2) is 4.68 Å². The van der Waals surface area contributed by atoms with Crippen LogP contribution in [0.4, 0.5) is 11.5 Å². The third-order valence-corrected chi connectivity index (χ3v) is 6.96. The van der Waals surface area contributed by atoms with Crippen molar-refractivity contribution < 1.29 is 19.1 Å². The largest absolute Gasteiger partial charge is 0.492 e. The van der Waals surface area contributed by atoms with Crippen LogP contribution in [0.5, 0.6) is 5.75 Å². The van der Waals surface area contributed by atoms with E-state index in [4.69, 9.17) is 20.3 Å². The molecular weight excluding hydrogens is 506 g/mol. The van der Waals surface area contributed by atoms with Gasteiger partial charge in [-0.15, -0.1) is 0 Å². The number of ether oxygens (including phenoxy) is 2. The summed E-state index contributed by atoms with van der Waals surface area (Å²) in [7, 11) is 0. The highest BCUT2D eigenvalue weighted by molar-refractivity contribution is 6.48. The fraction of sp³-hybridized carbons (Fsp3) is 0.323. The van der Waals surface area contributed by atoms with Crippen LogP contribution in [0.1, 0.15) is 36.8 Å². The third-order valence-electron chi connectivity index (χ3n) is 6.96. The molecule has 5 rings (SSSR count). The molecule has 40 heavy (non-hydrogen) atoms. The summed E-state index contributed by atoms with van der Waals surface area (Å²) in [5.74, 6) is -0.306. The molecule has 0 unspecified atom stereocenters. The smallest absolute Gasteiger partial charge is 0.297 e. The first-order chi connectivity index (χ1) is 19.2. The van der Waals surface area contributed by atoms with E-state index in [1.807, 2.05) is 57.2 Å². The first-order valence-electron chi connectivity index (χ1n) is 13.5. The molecule has 0 spiro atoms. The van der Waals surface area contributed by atoms with Crippen LogP contribution in [0.2, 0.25) is 0 Å². The Bertz CT molecular complexity index is 1520. The lowest BCUT2D eigenvalue weighted by molar-refractivity contribution is -0.112. The van der Waals surface area contributed by atoms with E-state index in [-0.39, 0.29) is 5.41 Å². The maximum absolute atomic E-state index is 13.5. The van der Waals surface area contributed by atoms with Crippen molar-refractivity contribution in [3.63, 3.8) is 0 Å². The number of morpholine rings is 1. The first-order valence-corrected chi connectivity index (χ1v) is 13.5. The van der Waals surface area contributed by atoms with Crippen molar-refractivity contribution in [1.29, 1.82) is 0 Å². The second kappa shape index (κ2) is 11.5. The fourth-order valence-corrected chi connectivity index (χ4v) is 4.65. The van der Waals surface area contributed by atoms with Crippen molar-refractivity contribution in [2.45, 2.75) is 26.2 Å². The number of hydrogen-bond acceptors (Lipinski definition) is 7. The van der Waals surface area contributed by atoms with E-state index in [0.29, 0.717) is 34.8 Å². The zero-order valence-electron chi connectivity index (χ0n) is 23.1. The standard InChI is InChI=1S/C31H35N5O4/c1-31(2,3)27-20-28(36(34-27)22-10-8-21(32)9-11-22)33-30(38)29(37)25-12-13-26(24-7-5-4-6-23(24)25)40-19-16-35-14-17-39-18-15-35/h4-13,20H,14-19,32H2,1-3H3,(H,33,38). The fourth-order valence-electron chi connectivity index (χ4n) is 4.65. The Kier molecular flexibility index (Phi) is 7.86. The highest BCUT2D eigenvalue weighted by Crippen LogP contribution is 2.30. The monoisotopic (exact) mass is 541 g/mol. The molecule has 9 nitrogen and oxygen atoms in total. The number of aromatic nitrogens is 2. The summed E-state index contributed by atoms with van der Waals surface area (Å²) in [6.45, 7) is 10.7. The van der Waals surface area contributed by atoms with Gasteiger partial charge in [-0.2, -0.15) is 5.10 Å². The Balaban J connectivity index is 1.38. The lowest BCUT2D eigenvalue weighted by Crippen LogP contribution is -2.38. The minimum absolute atomic E-state index is 0.268. The molecule has 208 valence electrons. The van der Waals surface area contributed by atoms with Crippen LogP contribution < -0.4 is 15.8 Å². The summed E-state index contributed by atoms with van der Waals surface area (Å²) in [5, 5.41) is 8.95.